The molecule has 0 saturated carbocycles. The summed E-state index contributed by atoms with van der Waals surface area (Å²) in [4.78, 5) is 12.1. The van der Waals surface area contributed by atoms with Crippen LogP contribution in [0.2, 0.25) is 5.02 Å². The summed E-state index contributed by atoms with van der Waals surface area (Å²) in [5.74, 6) is -0.125. The van der Waals surface area contributed by atoms with E-state index in [2.05, 4.69) is 5.32 Å². The van der Waals surface area contributed by atoms with Crippen LogP contribution in [0, 0.1) is 0 Å². The summed E-state index contributed by atoms with van der Waals surface area (Å²) in [6.45, 7) is 5.75. The third-order valence-electron chi connectivity index (χ3n) is 3.43. The highest BCUT2D eigenvalue weighted by molar-refractivity contribution is 6.31. The topological polar surface area (TPSA) is 55.1 Å². The number of nitrogens with two attached hydrogens (primary N) is 1. The first-order valence-electron chi connectivity index (χ1n) is 6.29. The molecule has 1 rings (SSSR count). The molecule has 0 aliphatic heterocycles. The minimum Gasteiger partial charge on any atom is -0.348 e. The van der Waals surface area contributed by atoms with Crippen molar-refractivity contribution in [3.63, 3.8) is 0 Å². The maximum Gasteiger partial charge on any atom is 0.240 e. The zero-order valence-corrected chi connectivity index (χ0v) is 11.9. The molecule has 0 saturated heterocycles. The molecular formula is C14H21ClN2O. The number of rotatable bonds is 5. The second kappa shape index (κ2) is 6.21. The Morgan fingerprint density at radius 1 is 1.39 bits per heavy atom. The van der Waals surface area contributed by atoms with Crippen molar-refractivity contribution in [2.75, 3.05) is 0 Å². The number of carbonyl (C=O) groups is 1. The van der Waals surface area contributed by atoms with E-state index in [1.54, 1.807) is 0 Å². The second-order valence-corrected chi connectivity index (χ2v) is 4.99. The highest BCUT2D eigenvalue weighted by Gasteiger charge is 2.30. The maximum atomic E-state index is 12.1. The smallest absolute Gasteiger partial charge is 0.240 e. The van der Waals surface area contributed by atoms with Gasteiger partial charge < -0.3 is 11.1 Å². The van der Waals surface area contributed by atoms with Crippen molar-refractivity contribution < 1.29 is 4.79 Å². The third-order valence-corrected chi connectivity index (χ3v) is 3.78. The van der Waals surface area contributed by atoms with E-state index < -0.39 is 5.54 Å². The Morgan fingerprint density at radius 3 is 2.44 bits per heavy atom. The molecule has 1 atom stereocenters. The van der Waals surface area contributed by atoms with Crippen LogP contribution in [0.1, 0.15) is 45.2 Å². The van der Waals surface area contributed by atoms with Gasteiger partial charge in [-0.1, -0.05) is 43.6 Å². The Bertz CT molecular complexity index is 416. The molecule has 0 bridgehead atoms. The van der Waals surface area contributed by atoms with Crippen molar-refractivity contribution in [3.05, 3.63) is 34.9 Å². The van der Waals surface area contributed by atoms with E-state index >= 15 is 0 Å². The molecule has 18 heavy (non-hydrogen) atoms. The SMILES string of the molecule is CCC(N)(CC)C(=O)NC(C)c1ccccc1Cl. The largest absolute Gasteiger partial charge is 0.348 e. The van der Waals surface area contributed by atoms with Gasteiger partial charge in [-0.05, 0) is 31.4 Å². The molecule has 1 aromatic carbocycles. The lowest BCUT2D eigenvalue weighted by Gasteiger charge is -2.27. The van der Waals surface area contributed by atoms with Crippen molar-refractivity contribution in [2.24, 2.45) is 5.73 Å². The molecule has 0 aromatic heterocycles. The normalized spacial score (nSPS) is 13.2. The Morgan fingerprint density at radius 2 is 1.94 bits per heavy atom. The lowest BCUT2D eigenvalue weighted by Crippen LogP contribution is -2.53. The third kappa shape index (κ3) is 3.24. The van der Waals surface area contributed by atoms with E-state index in [1.807, 2.05) is 45.0 Å². The van der Waals surface area contributed by atoms with Crippen LogP contribution in [-0.4, -0.2) is 11.4 Å². The molecule has 0 heterocycles. The quantitative estimate of drug-likeness (QED) is 0.862. The Labute approximate surface area is 114 Å². The van der Waals surface area contributed by atoms with Crippen molar-refractivity contribution >= 4 is 17.5 Å². The van der Waals surface area contributed by atoms with Gasteiger partial charge in [0.1, 0.15) is 0 Å². The van der Waals surface area contributed by atoms with Gasteiger partial charge in [0.2, 0.25) is 5.91 Å². The lowest BCUT2D eigenvalue weighted by molar-refractivity contribution is -0.127. The standard InChI is InChI=1S/C14H21ClN2O/c1-4-14(16,5-2)13(18)17-10(3)11-8-6-7-9-12(11)15/h6-10H,4-5,16H2,1-3H3,(H,17,18). The first-order valence-corrected chi connectivity index (χ1v) is 6.66. The number of hydrogen-bond donors (Lipinski definition) is 2. The van der Waals surface area contributed by atoms with Crippen LogP contribution in [0.25, 0.3) is 0 Å². The molecule has 3 nitrogen and oxygen atoms in total. The summed E-state index contributed by atoms with van der Waals surface area (Å²) >= 11 is 6.10. The zero-order chi connectivity index (χ0) is 13.8. The summed E-state index contributed by atoms with van der Waals surface area (Å²) in [5, 5.41) is 3.58. The van der Waals surface area contributed by atoms with Gasteiger partial charge in [-0.2, -0.15) is 0 Å². The predicted molar refractivity (Wildman–Crippen MR) is 75.5 cm³/mol. The summed E-state index contributed by atoms with van der Waals surface area (Å²) in [6.07, 6.45) is 1.23. The molecule has 0 spiro atoms. The average Bonchev–Trinajstić information content (AvgIpc) is 2.38. The zero-order valence-electron chi connectivity index (χ0n) is 11.2. The Hall–Kier alpha value is -1.06. The fraction of sp³-hybridized carbons (Fsp3) is 0.500. The molecule has 1 aromatic rings. The van der Waals surface area contributed by atoms with E-state index in [1.165, 1.54) is 0 Å². The Balaban J connectivity index is 2.80. The molecule has 0 aliphatic rings. The first kappa shape index (κ1) is 15.0. The number of carbonyl (C=O) groups excluding carboxylic acids is 1. The second-order valence-electron chi connectivity index (χ2n) is 4.58. The summed E-state index contributed by atoms with van der Waals surface area (Å²) in [5.41, 5.74) is 6.17. The molecule has 0 fully saturated rings. The van der Waals surface area contributed by atoms with Crippen molar-refractivity contribution in [2.45, 2.75) is 45.2 Å². The molecule has 0 aliphatic carbocycles. The van der Waals surface area contributed by atoms with Gasteiger partial charge >= 0.3 is 0 Å². The monoisotopic (exact) mass is 268 g/mol. The van der Waals surface area contributed by atoms with Crippen molar-refractivity contribution in [3.8, 4) is 0 Å². The van der Waals surface area contributed by atoms with Crippen LogP contribution < -0.4 is 11.1 Å². The fourth-order valence-corrected chi connectivity index (χ4v) is 2.11. The number of hydrogen-bond acceptors (Lipinski definition) is 2. The lowest BCUT2D eigenvalue weighted by atomic mass is 9.92. The van der Waals surface area contributed by atoms with E-state index in [0.29, 0.717) is 17.9 Å². The van der Waals surface area contributed by atoms with Gasteiger partial charge in [0, 0.05) is 5.02 Å². The summed E-state index contributed by atoms with van der Waals surface area (Å²) in [7, 11) is 0. The van der Waals surface area contributed by atoms with Gasteiger partial charge in [-0.15, -0.1) is 0 Å². The molecule has 1 unspecified atom stereocenters. The van der Waals surface area contributed by atoms with E-state index in [9.17, 15) is 4.79 Å². The van der Waals surface area contributed by atoms with E-state index in [-0.39, 0.29) is 11.9 Å². The minimum atomic E-state index is -0.796. The van der Waals surface area contributed by atoms with Gasteiger partial charge in [0.15, 0.2) is 0 Å². The van der Waals surface area contributed by atoms with Crippen LogP contribution >= 0.6 is 11.6 Å². The highest BCUT2D eigenvalue weighted by atomic mass is 35.5. The molecular weight excluding hydrogens is 248 g/mol. The summed E-state index contributed by atoms with van der Waals surface area (Å²) < 4.78 is 0. The average molecular weight is 269 g/mol. The number of nitrogens with one attached hydrogen (secondary N) is 1. The fourth-order valence-electron chi connectivity index (χ4n) is 1.82. The Kier molecular flexibility index (Phi) is 5.17. The van der Waals surface area contributed by atoms with Crippen LogP contribution in [0.5, 0.6) is 0 Å². The summed E-state index contributed by atoms with van der Waals surface area (Å²) in [6, 6.07) is 7.34. The number of amides is 1. The molecule has 100 valence electrons. The van der Waals surface area contributed by atoms with Crippen molar-refractivity contribution in [1.29, 1.82) is 0 Å². The number of halogens is 1. The predicted octanol–water partition coefficient (Wildman–Crippen LogP) is 3.03. The van der Waals surface area contributed by atoms with Crippen molar-refractivity contribution in [1.82, 2.24) is 5.32 Å². The molecule has 4 heteroatoms. The van der Waals surface area contributed by atoms with Crippen LogP contribution in [0.3, 0.4) is 0 Å². The molecule has 1 amide bonds. The first-order chi connectivity index (χ1) is 8.44. The molecule has 3 N–H and O–H groups in total. The highest BCUT2D eigenvalue weighted by Crippen LogP contribution is 2.23. The van der Waals surface area contributed by atoms with Gasteiger partial charge in [-0.3, -0.25) is 4.79 Å². The van der Waals surface area contributed by atoms with Crippen LogP contribution in [0.4, 0.5) is 0 Å². The number of benzene rings is 1. The van der Waals surface area contributed by atoms with Gasteiger partial charge in [-0.25, -0.2) is 0 Å². The minimum absolute atomic E-state index is 0.125. The van der Waals surface area contributed by atoms with Gasteiger partial charge in [0.25, 0.3) is 0 Å². The van der Waals surface area contributed by atoms with E-state index in [4.69, 9.17) is 17.3 Å². The van der Waals surface area contributed by atoms with E-state index in [0.717, 1.165) is 5.56 Å². The maximum absolute atomic E-state index is 12.1. The van der Waals surface area contributed by atoms with Crippen LogP contribution in [0.15, 0.2) is 24.3 Å². The molecule has 0 radical (unpaired) electrons. The van der Waals surface area contributed by atoms with Gasteiger partial charge in [0.05, 0.1) is 11.6 Å². The van der Waals surface area contributed by atoms with Crippen LogP contribution in [-0.2, 0) is 4.79 Å².